The number of hydrogen-bond donors (Lipinski definition) is 1. The largest absolute Gasteiger partial charge is 0.427 e. The van der Waals surface area contributed by atoms with Crippen LogP contribution in [0.15, 0.2) is 30.5 Å². The number of benzene rings is 1. The molecule has 2 rings (SSSR count). The third kappa shape index (κ3) is 4.99. The van der Waals surface area contributed by atoms with Gasteiger partial charge in [0.15, 0.2) is 15.0 Å². The third-order valence-corrected chi connectivity index (χ3v) is 4.51. The first-order valence-corrected chi connectivity index (χ1v) is 9.03. The lowest BCUT2D eigenvalue weighted by Crippen LogP contribution is -2.03. The molecule has 0 aliphatic heterocycles. The van der Waals surface area contributed by atoms with E-state index in [1.54, 1.807) is 24.3 Å². The molecule has 1 aromatic carbocycles. The molecule has 9 heteroatoms. The van der Waals surface area contributed by atoms with Gasteiger partial charge in [-0.05, 0) is 11.1 Å². The minimum absolute atomic E-state index is 0.0731. The van der Waals surface area contributed by atoms with Crippen LogP contribution in [0, 0.1) is 0 Å². The van der Waals surface area contributed by atoms with Crippen LogP contribution in [0.1, 0.15) is 16.0 Å². The summed E-state index contributed by atoms with van der Waals surface area (Å²) in [6, 6.07) is 6.86. The molecule has 0 saturated heterocycles. The molecule has 1 aromatic heterocycles. The monoisotopic (exact) mass is 350 g/mol. The zero-order chi connectivity index (χ0) is 16.4. The van der Waals surface area contributed by atoms with Crippen molar-refractivity contribution < 1.29 is 21.6 Å². The lowest BCUT2D eigenvalue weighted by molar-refractivity contribution is -0.134. The Balaban J connectivity index is 2.03. The van der Waals surface area contributed by atoms with E-state index >= 15 is 0 Å². The second-order valence-electron chi connectivity index (χ2n) is 4.77. The van der Waals surface area contributed by atoms with Crippen molar-refractivity contribution in [3.63, 3.8) is 0 Å². The number of sulfone groups is 1. The Kier molecular flexibility index (Phi) is 4.76. The van der Waals surface area contributed by atoms with Gasteiger partial charge in [0.2, 0.25) is 0 Å². The van der Waals surface area contributed by atoms with Gasteiger partial charge in [-0.3, -0.25) is 0 Å². The van der Waals surface area contributed by atoms with Gasteiger partial charge in [-0.15, -0.1) is 0 Å². The van der Waals surface area contributed by atoms with Gasteiger partial charge in [-0.1, -0.05) is 35.6 Å². The van der Waals surface area contributed by atoms with Gasteiger partial charge in [0.1, 0.15) is 4.88 Å². The second-order valence-corrected chi connectivity index (χ2v) is 7.94. The highest BCUT2D eigenvalue weighted by atomic mass is 32.2. The lowest BCUT2D eigenvalue weighted by atomic mass is 10.1. The molecule has 0 aliphatic carbocycles. The van der Waals surface area contributed by atoms with E-state index < -0.39 is 20.9 Å². The highest BCUT2D eigenvalue weighted by Crippen LogP contribution is 2.35. The third-order valence-electron chi connectivity index (χ3n) is 2.65. The Morgan fingerprint density at radius 1 is 1.27 bits per heavy atom. The number of halogens is 3. The maximum atomic E-state index is 12.5. The summed E-state index contributed by atoms with van der Waals surface area (Å²) < 4.78 is 59.9. The second kappa shape index (κ2) is 6.25. The van der Waals surface area contributed by atoms with Crippen molar-refractivity contribution in [3.05, 3.63) is 46.5 Å². The molecule has 0 amide bonds. The topological polar surface area (TPSA) is 59.1 Å². The fourth-order valence-electron chi connectivity index (χ4n) is 1.80. The average Bonchev–Trinajstić information content (AvgIpc) is 2.83. The molecule has 1 heterocycles. The molecular weight excluding hydrogens is 337 g/mol. The fraction of sp³-hybridized carbons (Fsp3) is 0.308. The molecule has 0 fully saturated rings. The minimum Gasteiger partial charge on any atom is -0.357 e. The average molecular weight is 350 g/mol. The Bertz CT molecular complexity index is 755. The van der Waals surface area contributed by atoms with Crippen molar-refractivity contribution in [3.8, 4) is 0 Å². The van der Waals surface area contributed by atoms with Crippen LogP contribution in [-0.2, 0) is 28.3 Å². The Hall–Kier alpha value is -1.61. The molecule has 0 atom stereocenters. The van der Waals surface area contributed by atoms with E-state index in [2.05, 4.69) is 10.3 Å². The maximum Gasteiger partial charge on any atom is 0.427 e. The molecule has 0 spiro atoms. The number of nitrogens with zero attached hydrogens (tertiary/aromatic N) is 1. The first-order valence-electron chi connectivity index (χ1n) is 6.16. The van der Waals surface area contributed by atoms with Crippen LogP contribution in [0.4, 0.5) is 18.3 Å². The Morgan fingerprint density at radius 3 is 2.55 bits per heavy atom. The quantitative estimate of drug-likeness (QED) is 0.899. The van der Waals surface area contributed by atoms with Crippen LogP contribution < -0.4 is 5.32 Å². The molecule has 0 saturated carbocycles. The number of alkyl halides is 3. The van der Waals surface area contributed by atoms with Gasteiger partial charge < -0.3 is 5.32 Å². The number of anilines is 1. The first-order chi connectivity index (χ1) is 10.1. The Morgan fingerprint density at radius 2 is 1.95 bits per heavy atom. The standard InChI is InChI=1S/C13H13F3N2O2S2/c1-22(19,20)8-10-4-2-3-9(5-10)6-17-12-18-7-11(21-12)13(14,15)16/h2-5,7H,6,8H2,1H3,(H,17,18). The van der Waals surface area contributed by atoms with E-state index in [1.165, 1.54) is 0 Å². The molecule has 2 aromatic rings. The molecular formula is C13H13F3N2O2S2. The van der Waals surface area contributed by atoms with E-state index in [-0.39, 0.29) is 17.4 Å². The molecule has 0 unspecified atom stereocenters. The number of hydrogen-bond acceptors (Lipinski definition) is 5. The highest BCUT2D eigenvalue weighted by molar-refractivity contribution is 7.89. The predicted molar refractivity (Wildman–Crippen MR) is 79.4 cm³/mol. The highest BCUT2D eigenvalue weighted by Gasteiger charge is 2.33. The van der Waals surface area contributed by atoms with Crippen molar-refractivity contribution in [1.82, 2.24) is 4.98 Å². The van der Waals surface area contributed by atoms with E-state index in [0.29, 0.717) is 16.9 Å². The maximum absolute atomic E-state index is 12.5. The van der Waals surface area contributed by atoms with Crippen LogP contribution in [0.3, 0.4) is 0 Å². The van der Waals surface area contributed by atoms with E-state index in [9.17, 15) is 21.6 Å². The number of aromatic nitrogens is 1. The normalized spacial score (nSPS) is 12.4. The van der Waals surface area contributed by atoms with Crippen molar-refractivity contribution >= 4 is 26.3 Å². The van der Waals surface area contributed by atoms with Crippen LogP contribution in [0.25, 0.3) is 0 Å². The summed E-state index contributed by atoms with van der Waals surface area (Å²) in [5, 5.41) is 2.97. The predicted octanol–water partition coefficient (Wildman–Crippen LogP) is 3.32. The Labute approximate surface area is 129 Å². The molecule has 120 valence electrons. The van der Waals surface area contributed by atoms with Crippen molar-refractivity contribution in [2.75, 3.05) is 11.6 Å². The summed E-state index contributed by atoms with van der Waals surface area (Å²) in [4.78, 5) is 2.91. The minimum atomic E-state index is -4.40. The molecule has 0 aliphatic rings. The van der Waals surface area contributed by atoms with Crippen molar-refractivity contribution in [2.24, 2.45) is 0 Å². The van der Waals surface area contributed by atoms with E-state index in [0.717, 1.165) is 18.0 Å². The van der Waals surface area contributed by atoms with Crippen LogP contribution in [0.2, 0.25) is 0 Å². The van der Waals surface area contributed by atoms with Gasteiger partial charge in [0.05, 0.1) is 11.9 Å². The fourth-order valence-corrected chi connectivity index (χ4v) is 3.26. The number of thiazole rings is 1. The van der Waals surface area contributed by atoms with Gasteiger partial charge in [-0.2, -0.15) is 13.2 Å². The van der Waals surface area contributed by atoms with Crippen molar-refractivity contribution in [1.29, 1.82) is 0 Å². The number of rotatable bonds is 5. The summed E-state index contributed by atoms with van der Waals surface area (Å²) in [5.74, 6) is -0.0731. The number of nitrogens with one attached hydrogen (secondary N) is 1. The summed E-state index contributed by atoms with van der Waals surface area (Å²) in [6.45, 7) is 0.266. The van der Waals surface area contributed by atoms with Crippen LogP contribution >= 0.6 is 11.3 Å². The summed E-state index contributed by atoms with van der Waals surface area (Å²) in [7, 11) is -3.13. The molecule has 0 radical (unpaired) electrons. The summed E-state index contributed by atoms with van der Waals surface area (Å²) in [6.07, 6.45) is -2.47. The molecule has 22 heavy (non-hydrogen) atoms. The van der Waals surface area contributed by atoms with Gasteiger partial charge in [0.25, 0.3) is 0 Å². The van der Waals surface area contributed by atoms with E-state index in [1.807, 2.05) is 0 Å². The van der Waals surface area contributed by atoms with Gasteiger partial charge in [-0.25, -0.2) is 13.4 Å². The van der Waals surface area contributed by atoms with Crippen LogP contribution in [-0.4, -0.2) is 19.7 Å². The summed E-state index contributed by atoms with van der Waals surface area (Å²) >= 11 is 0.530. The SMILES string of the molecule is CS(=O)(=O)Cc1cccc(CNc2ncc(C(F)(F)F)s2)c1. The smallest absolute Gasteiger partial charge is 0.357 e. The lowest BCUT2D eigenvalue weighted by Gasteiger charge is -2.06. The molecule has 1 N–H and O–H groups in total. The van der Waals surface area contributed by atoms with Crippen molar-refractivity contribution in [2.45, 2.75) is 18.5 Å². The van der Waals surface area contributed by atoms with Crippen LogP contribution in [0.5, 0.6) is 0 Å². The van der Waals surface area contributed by atoms with Gasteiger partial charge >= 0.3 is 6.18 Å². The van der Waals surface area contributed by atoms with Gasteiger partial charge in [0, 0.05) is 12.8 Å². The van der Waals surface area contributed by atoms with E-state index in [4.69, 9.17) is 0 Å². The summed E-state index contributed by atoms with van der Waals surface area (Å²) in [5.41, 5.74) is 1.40. The first kappa shape index (κ1) is 16.8. The zero-order valence-electron chi connectivity index (χ0n) is 11.5. The molecule has 0 bridgehead atoms. The zero-order valence-corrected chi connectivity index (χ0v) is 13.1. The molecule has 4 nitrogen and oxygen atoms in total.